The Bertz CT molecular complexity index is 759. The fraction of sp³-hybridized carbons (Fsp3) is 0.278. The zero-order valence-corrected chi connectivity index (χ0v) is 13.3. The van der Waals surface area contributed by atoms with E-state index in [1.165, 1.54) is 0 Å². The Morgan fingerprint density at radius 3 is 2.58 bits per heavy atom. The molecule has 1 aromatic carbocycles. The van der Waals surface area contributed by atoms with Crippen LogP contribution in [0.1, 0.15) is 28.9 Å². The summed E-state index contributed by atoms with van der Waals surface area (Å²) in [5.74, 6) is 1.11. The Kier molecular flexibility index (Phi) is 5.30. The lowest BCUT2D eigenvalue weighted by molar-refractivity contribution is 0.208. The van der Waals surface area contributed by atoms with Crippen molar-refractivity contribution in [3.63, 3.8) is 0 Å². The number of hydrogen-bond acceptors (Lipinski definition) is 5. The number of nitrogens with zero attached hydrogens (tertiary/aromatic N) is 4. The van der Waals surface area contributed by atoms with E-state index in [-0.39, 0.29) is 6.61 Å². The third-order valence-corrected chi connectivity index (χ3v) is 3.80. The van der Waals surface area contributed by atoms with Gasteiger partial charge in [0.1, 0.15) is 11.9 Å². The number of aliphatic hydroxyl groups excluding tert-OH is 2. The number of rotatable bonds is 7. The Morgan fingerprint density at radius 1 is 1.04 bits per heavy atom. The standard InChI is InChI=1S/C18H20N4O2/c23-12-11-22-16(9-8-14-5-4-10-19-13-14)20-18(21-22)17(24)15-6-2-1-3-7-15/h1-7,10,13,17,23-24H,8-9,11-12H2/t17-/m1/s1. The van der Waals surface area contributed by atoms with Gasteiger partial charge in [-0.1, -0.05) is 36.4 Å². The first-order chi connectivity index (χ1) is 11.8. The van der Waals surface area contributed by atoms with Crippen molar-refractivity contribution in [1.82, 2.24) is 19.7 Å². The summed E-state index contributed by atoms with van der Waals surface area (Å²) in [6.07, 6.45) is 4.14. The van der Waals surface area contributed by atoms with Crippen molar-refractivity contribution < 1.29 is 10.2 Å². The van der Waals surface area contributed by atoms with Crippen molar-refractivity contribution in [2.75, 3.05) is 6.61 Å². The lowest BCUT2D eigenvalue weighted by Gasteiger charge is -2.05. The molecule has 2 heterocycles. The van der Waals surface area contributed by atoms with Gasteiger partial charge in [0.15, 0.2) is 5.82 Å². The molecule has 0 unspecified atom stereocenters. The molecule has 0 saturated heterocycles. The summed E-state index contributed by atoms with van der Waals surface area (Å²) < 4.78 is 1.66. The molecular weight excluding hydrogens is 304 g/mol. The Balaban J connectivity index is 1.79. The van der Waals surface area contributed by atoms with E-state index < -0.39 is 6.10 Å². The van der Waals surface area contributed by atoms with Crippen LogP contribution < -0.4 is 0 Å². The molecule has 0 spiro atoms. The Morgan fingerprint density at radius 2 is 1.88 bits per heavy atom. The second kappa shape index (κ2) is 7.81. The van der Waals surface area contributed by atoms with Gasteiger partial charge in [-0.05, 0) is 23.6 Å². The quantitative estimate of drug-likeness (QED) is 0.688. The summed E-state index contributed by atoms with van der Waals surface area (Å²) in [6.45, 7) is 0.334. The molecular formula is C18H20N4O2. The maximum absolute atomic E-state index is 10.5. The van der Waals surface area contributed by atoms with Gasteiger partial charge in [-0.15, -0.1) is 0 Å². The van der Waals surface area contributed by atoms with Crippen LogP contribution in [0, 0.1) is 0 Å². The molecule has 6 nitrogen and oxygen atoms in total. The molecule has 2 N–H and O–H groups in total. The van der Waals surface area contributed by atoms with Crippen molar-refractivity contribution in [3.8, 4) is 0 Å². The van der Waals surface area contributed by atoms with Gasteiger partial charge in [0.25, 0.3) is 0 Å². The predicted octanol–water partition coefficient (Wildman–Crippen LogP) is 1.53. The topological polar surface area (TPSA) is 84.1 Å². The molecule has 24 heavy (non-hydrogen) atoms. The van der Waals surface area contributed by atoms with Gasteiger partial charge in [-0.25, -0.2) is 9.67 Å². The fourth-order valence-corrected chi connectivity index (χ4v) is 2.55. The Hall–Kier alpha value is -2.57. The number of hydrogen-bond donors (Lipinski definition) is 2. The molecule has 0 aliphatic rings. The Labute approximate surface area is 140 Å². The first kappa shape index (κ1) is 16.3. The zero-order valence-electron chi connectivity index (χ0n) is 13.3. The van der Waals surface area contributed by atoms with Crippen LogP contribution in [0.25, 0.3) is 0 Å². The number of benzene rings is 1. The first-order valence-corrected chi connectivity index (χ1v) is 7.94. The summed E-state index contributed by atoms with van der Waals surface area (Å²) in [5, 5.41) is 24.1. The lowest BCUT2D eigenvalue weighted by atomic mass is 10.1. The van der Waals surface area contributed by atoms with Crippen molar-refractivity contribution in [3.05, 3.63) is 77.6 Å². The summed E-state index contributed by atoms with van der Waals surface area (Å²) in [5.41, 5.74) is 1.86. The highest BCUT2D eigenvalue weighted by molar-refractivity contribution is 5.22. The van der Waals surface area contributed by atoms with Gasteiger partial charge in [0.2, 0.25) is 0 Å². The first-order valence-electron chi connectivity index (χ1n) is 7.94. The van der Waals surface area contributed by atoms with E-state index in [1.807, 2.05) is 48.7 Å². The number of aryl methyl sites for hydroxylation is 2. The van der Waals surface area contributed by atoms with Crippen molar-refractivity contribution in [2.45, 2.75) is 25.5 Å². The summed E-state index contributed by atoms with van der Waals surface area (Å²) in [7, 11) is 0. The molecule has 0 aliphatic carbocycles. The van der Waals surface area contributed by atoms with Gasteiger partial charge in [0, 0.05) is 18.8 Å². The molecule has 3 aromatic rings. The van der Waals surface area contributed by atoms with Crippen LogP contribution in [-0.2, 0) is 19.4 Å². The largest absolute Gasteiger partial charge is 0.394 e. The predicted molar refractivity (Wildman–Crippen MR) is 89.3 cm³/mol. The lowest BCUT2D eigenvalue weighted by Crippen LogP contribution is -2.10. The van der Waals surface area contributed by atoms with Crippen molar-refractivity contribution >= 4 is 0 Å². The van der Waals surface area contributed by atoms with Gasteiger partial charge in [0.05, 0.1) is 13.2 Å². The van der Waals surface area contributed by atoms with E-state index in [0.717, 1.165) is 23.4 Å². The molecule has 0 saturated carbocycles. The molecule has 0 amide bonds. The highest BCUT2D eigenvalue weighted by atomic mass is 16.3. The molecule has 2 aromatic heterocycles. The summed E-state index contributed by atoms with van der Waals surface area (Å²) in [4.78, 5) is 8.60. The van der Waals surface area contributed by atoms with Crippen molar-refractivity contribution in [2.24, 2.45) is 0 Å². The highest BCUT2D eigenvalue weighted by Gasteiger charge is 2.18. The number of pyridine rings is 1. The van der Waals surface area contributed by atoms with Crippen LogP contribution in [0.5, 0.6) is 0 Å². The monoisotopic (exact) mass is 324 g/mol. The van der Waals surface area contributed by atoms with Gasteiger partial charge >= 0.3 is 0 Å². The molecule has 0 bridgehead atoms. The van der Waals surface area contributed by atoms with Crippen LogP contribution in [0.15, 0.2) is 54.9 Å². The van der Waals surface area contributed by atoms with E-state index in [1.54, 1.807) is 10.9 Å². The third-order valence-electron chi connectivity index (χ3n) is 3.80. The highest BCUT2D eigenvalue weighted by Crippen LogP contribution is 2.19. The second-order valence-corrected chi connectivity index (χ2v) is 5.51. The minimum atomic E-state index is -0.872. The fourth-order valence-electron chi connectivity index (χ4n) is 2.55. The van der Waals surface area contributed by atoms with Gasteiger partial charge < -0.3 is 10.2 Å². The van der Waals surface area contributed by atoms with E-state index >= 15 is 0 Å². The number of aromatic nitrogens is 4. The van der Waals surface area contributed by atoms with E-state index in [9.17, 15) is 10.2 Å². The molecule has 3 rings (SSSR count). The van der Waals surface area contributed by atoms with Crippen LogP contribution >= 0.6 is 0 Å². The van der Waals surface area contributed by atoms with Crippen LogP contribution in [0.2, 0.25) is 0 Å². The molecule has 0 fully saturated rings. The van der Waals surface area contributed by atoms with Gasteiger partial charge in [-0.3, -0.25) is 4.98 Å². The second-order valence-electron chi connectivity index (χ2n) is 5.51. The van der Waals surface area contributed by atoms with Crippen LogP contribution in [0.4, 0.5) is 0 Å². The molecule has 124 valence electrons. The maximum atomic E-state index is 10.5. The normalized spacial score (nSPS) is 12.2. The molecule has 1 atom stereocenters. The minimum Gasteiger partial charge on any atom is -0.394 e. The average Bonchev–Trinajstić information content (AvgIpc) is 3.04. The van der Waals surface area contributed by atoms with E-state index in [0.29, 0.717) is 18.8 Å². The van der Waals surface area contributed by atoms with Crippen LogP contribution in [0.3, 0.4) is 0 Å². The minimum absolute atomic E-state index is 0.0237. The summed E-state index contributed by atoms with van der Waals surface area (Å²) in [6, 6.07) is 13.2. The average molecular weight is 324 g/mol. The zero-order chi connectivity index (χ0) is 16.8. The molecule has 0 radical (unpaired) electrons. The van der Waals surface area contributed by atoms with E-state index in [4.69, 9.17) is 0 Å². The number of aliphatic hydroxyl groups is 2. The SMILES string of the molecule is OCCn1nc([C@H](O)c2ccccc2)nc1CCc1cccnc1. The third kappa shape index (κ3) is 3.84. The summed E-state index contributed by atoms with van der Waals surface area (Å²) >= 11 is 0. The van der Waals surface area contributed by atoms with Gasteiger partial charge in [-0.2, -0.15) is 5.10 Å². The molecule has 6 heteroatoms. The van der Waals surface area contributed by atoms with Crippen LogP contribution in [-0.4, -0.2) is 36.6 Å². The maximum Gasteiger partial charge on any atom is 0.183 e. The van der Waals surface area contributed by atoms with Crippen molar-refractivity contribution in [1.29, 1.82) is 0 Å². The van der Waals surface area contributed by atoms with E-state index in [2.05, 4.69) is 15.1 Å². The smallest absolute Gasteiger partial charge is 0.183 e. The molecule has 0 aliphatic heterocycles.